The summed E-state index contributed by atoms with van der Waals surface area (Å²) < 4.78 is 0. The van der Waals surface area contributed by atoms with E-state index in [1.54, 1.807) is 29.6 Å². The molecule has 0 spiro atoms. The van der Waals surface area contributed by atoms with E-state index in [9.17, 15) is 14.4 Å². The van der Waals surface area contributed by atoms with E-state index < -0.39 is 17.9 Å². The van der Waals surface area contributed by atoms with Gasteiger partial charge in [-0.05, 0) is 40.5 Å². The van der Waals surface area contributed by atoms with E-state index in [4.69, 9.17) is 0 Å². The molecule has 0 radical (unpaired) electrons. The lowest BCUT2D eigenvalue weighted by Gasteiger charge is -2.22. The van der Waals surface area contributed by atoms with Gasteiger partial charge < -0.3 is 5.32 Å². The molecule has 0 aliphatic rings. The van der Waals surface area contributed by atoms with Crippen molar-refractivity contribution in [2.24, 2.45) is 5.92 Å². The van der Waals surface area contributed by atoms with Gasteiger partial charge >= 0.3 is 0 Å². The highest BCUT2D eigenvalue weighted by molar-refractivity contribution is 7.12. The molecule has 3 amide bonds. The van der Waals surface area contributed by atoms with E-state index in [1.807, 2.05) is 26.0 Å². The van der Waals surface area contributed by atoms with Gasteiger partial charge in [-0.25, -0.2) is 0 Å². The number of hydrazine groups is 1. The Kier molecular flexibility index (Phi) is 6.96. The molecule has 1 heterocycles. The van der Waals surface area contributed by atoms with Gasteiger partial charge in [0.2, 0.25) is 0 Å². The van der Waals surface area contributed by atoms with E-state index in [0.717, 1.165) is 5.56 Å². The summed E-state index contributed by atoms with van der Waals surface area (Å²) in [7, 11) is 0. The third-order valence-corrected chi connectivity index (χ3v) is 5.16. The summed E-state index contributed by atoms with van der Waals surface area (Å²) in [6, 6.07) is 9.98. The number of thiophene rings is 1. The highest BCUT2D eigenvalue weighted by Gasteiger charge is 2.25. The van der Waals surface area contributed by atoms with Crippen LogP contribution in [-0.2, 0) is 10.2 Å². The lowest BCUT2D eigenvalue weighted by Crippen LogP contribution is -2.54. The van der Waals surface area contributed by atoms with Crippen molar-refractivity contribution >= 4 is 29.1 Å². The summed E-state index contributed by atoms with van der Waals surface area (Å²) in [5, 5.41) is 4.53. The Morgan fingerprint density at radius 3 is 2.07 bits per heavy atom. The SMILES string of the molecule is CC(C)[C@H](NC(=O)c1ccc(C(C)(C)C)cc1)C(=O)NNC(=O)c1cccs1. The minimum absolute atomic E-state index is 0.00384. The third-order valence-electron chi connectivity index (χ3n) is 4.29. The molecule has 2 rings (SSSR count). The molecule has 0 saturated heterocycles. The molecule has 0 aliphatic carbocycles. The summed E-state index contributed by atoms with van der Waals surface area (Å²) >= 11 is 1.27. The van der Waals surface area contributed by atoms with Crippen LogP contribution in [-0.4, -0.2) is 23.8 Å². The Labute approximate surface area is 169 Å². The molecular weight excluding hydrogens is 374 g/mol. The average molecular weight is 402 g/mol. The van der Waals surface area contributed by atoms with Crippen molar-refractivity contribution in [1.82, 2.24) is 16.2 Å². The van der Waals surface area contributed by atoms with E-state index in [-0.39, 0.29) is 17.2 Å². The number of benzene rings is 1. The molecule has 0 fully saturated rings. The van der Waals surface area contributed by atoms with Gasteiger partial charge in [0, 0.05) is 5.56 Å². The van der Waals surface area contributed by atoms with Crippen molar-refractivity contribution in [1.29, 1.82) is 0 Å². The van der Waals surface area contributed by atoms with Crippen LogP contribution < -0.4 is 16.2 Å². The molecule has 0 unspecified atom stereocenters. The van der Waals surface area contributed by atoms with Gasteiger partial charge in [0.15, 0.2) is 0 Å². The molecule has 2 aromatic rings. The molecule has 0 bridgehead atoms. The molecule has 7 heteroatoms. The summed E-state index contributed by atoms with van der Waals surface area (Å²) in [5.41, 5.74) is 6.37. The lowest BCUT2D eigenvalue weighted by molar-refractivity contribution is -0.124. The summed E-state index contributed by atoms with van der Waals surface area (Å²) in [4.78, 5) is 37.5. The van der Waals surface area contributed by atoms with Gasteiger partial charge in [-0.15, -0.1) is 11.3 Å². The molecular formula is C21H27N3O3S. The van der Waals surface area contributed by atoms with Crippen molar-refractivity contribution < 1.29 is 14.4 Å². The zero-order valence-corrected chi connectivity index (χ0v) is 17.6. The second-order valence-corrected chi connectivity index (χ2v) is 8.89. The van der Waals surface area contributed by atoms with Gasteiger partial charge in [-0.1, -0.05) is 52.8 Å². The lowest BCUT2D eigenvalue weighted by atomic mass is 9.86. The molecule has 1 atom stereocenters. The van der Waals surface area contributed by atoms with E-state index in [0.29, 0.717) is 10.4 Å². The monoisotopic (exact) mass is 401 g/mol. The molecule has 3 N–H and O–H groups in total. The van der Waals surface area contributed by atoms with E-state index >= 15 is 0 Å². The van der Waals surface area contributed by atoms with Crippen LogP contribution in [0, 0.1) is 5.92 Å². The van der Waals surface area contributed by atoms with Gasteiger partial charge in [-0.2, -0.15) is 0 Å². The molecule has 28 heavy (non-hydrogen) atoms. The molecule has 0 aliphatic heterocycles. The zero-order valence-electron chi connectivity index (χ0n) is 16.8. The Balaban J connectivity index is 2.00. The van der Waals surface area contributed by atoms with Crippen LogP contribution in [0.25, 0.3) is 0 Å². The van der Waals surface area contributed by atoms with Crippen LogP contribution in [0.15, 0.2) is 41.8 Å². The topological polar surface area (TPSA) is 87.3 Å². The van der Waals surface area contributed by atoms with E-state index in [2.05, 4.69) is 36.9 Å². The standard InChI is InChI=1S/C21H27N3O3S/c1-13(2)17(20(27)24-23-19(26)16-7-6-12-28-16)22-18(25)14-8-10-15(11-9-14)21(3,4)5/h6-13,17H,1-5H3,(H,22,25)(H,23,26)(H,24,27)/t17-/m0/s1. The summed E-state index contributed by atoms with van der Waals surface area (Å²) in [6.45, 7) is 9.96. The van der Waals surface area contributed by atoms with Crippen LogP contribution in [0.3, 0.4) is 0 Å². The Morgan fingerprint density at radius 2 is 1.57 bits per heavy atom. The highest BCUT2D eigenvalue weighted by atomic mass is 32.1. The largest absolute Gasteiger partial charge is 0.340 e. The Bertz CT molecular complexity index is 822. The number of carbonyl (C=O) groups is 3. The van der Waals surface area contributed by atoms with E-state index in [1.165, 1.54) is 11.3 Å². The minimum atomic E-state index is -0.779. The molecule has 0 saturated carbocycles. The third kappa shape index (κ3) is 5.66. The van der Waals surface area contributed by atoms with Crippen LogP contribution >= 0.6 is 11.3 Å². The van der Waals surface area contributed by atoms with Crippen molar-refractivity contribution in [3.05, 3.63) is 57.8 Å². The van der Waals surface area contributed by atoms with Crippen molar-refractivity contribution in [3.63, 3.8) is 0 Å². The number of rotatable bonds is 5. The van der Waals surface area contributed by atoms with Crippen molar-refractivity contribution in [2.75, 3.05) is 0 Å². The Hall–Kier alpha value is -2.67. The quantitative estimate of drug-likeness (QED) is 0.672. The van der Waals surface area contributed by atoms with Crippen LogP contribution in [0.5, 0.6) is 0 Å². The smallest absolute Gasteiger partial charge is 0.279 e. The average Bonchev–Trinajstić information content (AvgIpc) is 3.17. The second-order valence-electron chi connectivity index (χ2n) is 7.94. The maximum Gasteiger partial charge on any atom is 0.279 e. The van der Waals surface area contributed by atoms with Crippen LogP contribution in [0.2, 0.25) is 0 Å². The van der Waals surface area contributed by atoms with Gasteiger partial charge in [0.25, 0.3) is 17.7 Å². The number of hydrogen-bond donors (Lipinski definition) is 3. The number of amides is 3. The molecule has 150 valence electrons. The normalized spacial score (nSPS) is 12.4. The van der Waals surface area contributed by atoms with Crippen molar-refractivity contribution in [3.8, 4) is 0 Å². The van der Waals surface area contributed by atoms with Crippen LogP contribution in [0.1, 0.15) is 60.2 Å². The fourth-order valence-electron chi connectivity index (χ4n) is 2.55. The predicted octanol–water partition coefficient (Wildman–Crippen LogP) is 3.26. The molecule has 1 aromatic heterocycles. The minimum Gasteiger partial charge on any atom is -0.340 e. The first-order valence-corrected chi connectivity index (χ1v) is 10.0. The summed E-state index contributed by atoms with van der Waals surface area (Å²) in [5.74, 6) is -1.36. The van der Waals surface area contributed by atoms with Crippen molar-refractivity contribution in [2.45, 2.75) is 46.1 Å². The second kappa shape index (κ2) is 9.01. The highest BCUT2D eigenvalue weighted by Crippen LogP contribution is 2.22. The first-order chi connectivity index (χ1) is 13.1. The Morgan fingerprint density at radius 1 is 0.929 bits per heavy atom. The maximum absolute atomic E-state index is 12.6. The van der Waals surface area contributed by atoms with Gasteiger partial charge in [-0.3, -0.25) is 25.2 Å². The molecule has 6 nitrogen and oxygen atoms in total. The first-order valence-electron chi connectivity index (χ1n) is 9.14. The maximum atomic E-state index is 12.6. The fourth-order valence-corrected chi connectivity index (χ4v) is 3.17. The van der Waals surface area contributed by atoms with Crippen LogP contribution in [0.4, 0.5) is 0 Å². The van der Waals surface area contributed by atoms with Gasteiger partial charge in [0.1, 0.15) is 6.04 Å². The number of hydrogen-bond acceptors (Lipinski definition) is 4. The fraction of sp³-hybridized carbons (Fsp3) is 0.381. The number of nitrogens with one attached hydrogen (secondary N) is 3. The van der Waals surface area contributed by atoms with Gasteiger partial charge in [0.05, 0.1) is 4.88 Å². The number of carbonyl (C=O) groups excluding carboxylic acids is 3. The summed E-state index contributed by atoms with van der Waals surface area (Å²) in [6.07, 6.45) is 0. The molecule has 1 aromatic carbocycles. The first kappa shape index (κ1) is 21.6. The zero-order chi connectivity index (χ0) is 20.9. The predicted molar refractivity (Wildman–Crippen MR) is 111 cm³/mol.